The van der Waals surface area contributed by atoms with E-state index >= 15 is 0 Å². The van der Waals surface area contributed by atoms with Crippen molar-refractivity contribution >= 4 is 11.5 Å². The number of rotatable bonds is 6. The topological polar surface area (TPSA) is 96.4 Å². The molecule has 2 atom stereocenters. The zero-order chi connectivity index (χ0) is 22.2. The van der Waals surface area contributed by atoms with Gasteiger partial charge in [-0.05, 0) is 37.4 Å². The van der Waals surface area contributed by atoms with Crippen LogP contribution in [-0.4, -0.2) is 61.0 Å². The number of nitrogens with zero attached hydrogens (tertiary/aromatic N) is 7. The predicted molar refractivity (Wildman–Crippen MR) is 114 cm³/mol. The maximum Gasteiger partial charge on any atom is 0.154 e. The number of halogens is 2. The summed E-state index contributed by atoms with van der Waals surface area (Å²) in [4.78, 5) is 6.12. The Morgan fingerprint density at radius 3 is 2.97 bits per heavy atom. The average Bonchev–Trinajstić information content (AvgIpc) is 3.51. The molecule has 1 aliphatic heterocycles. The Kier molecular flexibility index (Phi) is 5.17. The van der Waals surface area contributed by atoms with Gasteiger partial charge < -0.3 is 15.3 Å². The van der Waals surface area contributed by atoms with Crippen LogP contribution < -0.4 is 10.2 Å². The Morgan fingerprint density at radius 2 is 2.12 bits per heavy atom. The number of imidazole rings is 1. The number of hydrogen-bond acceptors (Lipinski definition) is 7. The largest absolute Gasteiger partial charge is 0.508 e. The zero-order valence-corrected chi connectivity index (χ0v) is 17.4. The van der Waals surface area contributed by atoms with Gasteiger partial charge in [0.15, 0.2) is 5.65 Å². The van der Waals surface area contributed by atoms with Gasteiger partial charge in [0.2, 0.25) is 0 Å². The predicted octanol–water partition coefficient (Wildman–Crippen LogP) is 2.34. The average molecular weight is 440 g/mol. The fourth-order valence-electron chi connectivity index (χ4n) is 4.07. The number of phenolic OH excluding ortho intramolecular Hbond substituents is 1. The Bertz CT molecular complexity index is 1260. The first-order valence-corrected chi connectivity index (χ1v) is 10.3. The molecule has 32 heavy (non-hydrogen) atoms. The first-order chi connectivity index (χ1) is 15.5. The van der Waals surface area contributed by atoms with Gasteiger partial charge in [-0.25, -0.2) is 18.3 Å². The van der Waals surface area contributed by atoms with Crippen LogP contribution in [0.5, 0.6) is 5.75 Å². The molecular formula is C21H22F2N8O. The summed E-state index contributed by atoms with van der Waals surface area (Å²) in [5.74, 6) is -0.0621. The normalized spacial score (nSPS) is 18.7. The summed E-state index contributed by atoms with van der Waals surface area (Å²) in [6, 6.07) is 6.70. The fourth-order valence-corrected chi connectivity index (χ4v) is 4.07. The maximum atomic E-state index is 14.4. The summed E-state index contributed by atoms with van der Waals surface area (Å²) in [6.07, 6.45) is 2.48. The van der Waals surface area contributed by atoms with E-state index in [0.29, 0.717) is 35.0 Å². The molecule has 0 saturated carbocycles. The van der Waals surface area contributed by atoms with Gasteiger partial charge in [-0.2, -0.15) is 0 Å². The molecule has 5 rings (SSSR count). The molecule has 0 radical (unpaired) electrons. The second-order valence-corrected chi connectivity index (χ2v) is 7.78. The molecule has 0 bridgehead atoms. The molecule has 11 heteroatoms. The number of aromatic hydroxyl groups is 1. The van der Waals surface area contributed by atoms with Crippen LogP contribution in [0.4, 0.5) is 14.6 Å². The highest BCUT2D eigenvalue weighted by Crippen LogP contribution is 2.40. The number of hydrogen-bond donors (Lipinski definition) is 2. The van der Waals surface area contributed by atoms with Crippen LogP contribution in [0.15, 0.2) is 42.7 Å². The second-order valence-electron chi connectivity index (χ2n) is 7.78. The molecule has 3 aromatic heterocycles. The van der Waals surface area contributed by atoms with E-state index in [1.165, 1.54) is 18.2 Å². The van der Waals surface area contributed by atoms with Crippen molar-refractivity contribution in [3.8, 4) is 17.1 Å². The highest BCUT2D eigenvalue weighted by molar-refractivity contribution is 5.60. The van der Waals surface area contributed by atoms with Gasteiger partial charge >= 0.3 is 0 Å². The number of fused-ring (bicyclic) bond motifs is 1. The second kappa shape index (κ2) is 8.15. The minimum atomic E-state index is -1.13. The minimum absolute atomic E-state index is 0.0712. The van der Waals surface area contributed by atoms with Crippen LogP contribution in [-0.2, 0) is 6.54 Å². The highest BCUT2D eigenvalue weighted by Gasteiger charge is 2.36. The van der Waals surface area contributed by atoms with Gasteiger partial charge in [0, 0.05) is 18.5 Å². The summed E-state index contributed by atoms with van der Waals surface area (Å²) in [7, 11) is 1.87. The molecule has 9 nitrogen and oxygen atoms in total. The molecule has 2 N–H and O–H groups in total. The van der Waals surface area contributed by atoms with Crippen molar-refractivity contribution in [2.75, 3.05) is 25.0 Å². The van der Waals surface area contributed by atoms with Crippen LogP contribution in [0.25, 0.3) is 17.0 Å². The van der Waals surface area contributed by atoms with Gasteiger partial charge in [0.1, 0.15) is 34.9 Å². The zero-order valence-electron chi connectivity index (χ0n) is 17.4. The van der Waals surface area contributed by atoms with Gasteiger partial charge in [-0.1, -0.05) is 5.21 Å². The monoisotopic (exact) mass is 440 g/mol. The van der Waals surface area contributed by atoms with Crippen LogP contribution in [0, 0.1) is 5.82 Å². The minimum Gasteiger partial charge on any atom is -0.508 e. The Morgan fingerprint density at radius 1 is 1.25 bits per heavy atom. The van der Waals surface area contributed by atoms with E-state index in [1.54, 1.807) is 32.4 Å². The van der Waals surface area contributed by atoms with E-state index < -0.39 is 18.0 Å². The smallest absolute Gasteiger partial charge is 0.154 e. The molecule has 0 amide bonds. The van der Waals surface area contributed by atoms with Crippen molar-refractivity contribution in [1.29, 1.82) is 0 Å². The molecule has 0 spiro atoms. The lowest BCUT2D eigenvalue weighted by Crippen LogP contribution is -2.25. The molecule has 166 valence electrons. The quantitative estimate of drug-likeness (QED) is 0.475. The summed E-state index contributed by atoms with van der Waals surface area (Å²) in [5.41, 5.74) is 2.21. The van der Waals surface area contributed by atoms with Gasteiger partial charge in [-0.15, -0.1) is 10.2 Å². The van der Waals surface area contributed by atoms with E-state index in [2.05, 4.69) is 25.7 Å². The van der Waals surface area contributed by atoms with E-state index in [1.807, 2.05) is 13.2 Å². The van der Waals surface area contributed by atoms with Crippen molar-refractivity contribution in [2.24, 2.45) is 0 Å². The standard InChI is InChI=1S/C21H22F2N8O/c1-24-6-7-29-12-16(26-28-29)18-10-25-20-4-5-21(27-31(18)20)30-11-14(23)9-17(30)15-8-13(22)2-3-19(15)32/h2-5,8,10,12,14,17,24,32H,6-7,9,11H2,1H3/t14-,17+/m0/s1. The van der Waals surface area contributed by atoms with Crippen molar-refractivity contribution in [3.63, 3.8) is 0 Å². The third kappa shape index (κ3) is 3.64. The summed E-state index contributed by atoms with van der Waals surface area (Å²) in [5, 5.41) is 26.4. The number of anilines is 1. The molecule has 0 unspecified atom stereocenters. The lowest BCUT2D eigenvalue weighted by Gasteiger charge is -2.26. The number of aromatic nitrogens is 6. The molecule has 0 aliphatic carbocycles. The number of likely N-dealkylation sites (N-methyl/N-ethyl adjacent to an activating group) is 1. The number of benzene rings is 1. The molecule has 1 saturated heterocycles. The third-order valence-electron chi connectivity index (χ3n) is 5.63. The molecular weight excluding hydrogens is 418 g/mol. The van der Waals surface area contributed by atoms with E-state index in [0.717, 1.165) is 6.54 Å². The molecule has 1 aliphatic rings. The van der Waals surface area contributed by atoms with Gasteiger partial charge in [0.25, 0.3) is 0 Å². The van der Waals surface area contributed by atoms with Crippen molar-refractivity contribution in [2.45, 2.75) is 25.2 Å². The summed E-state index contributed by atoms with van der Waals surface area (Å²) in [6.45, 7) is 1.51. The van der Waals surface area contributed by atoms with Crippen LogP contribution in [0.3, 0.4) is 0 Å². The number of phenols is 1. The lowest BCUT2D eigenvalue weighted by molar-refractivity contribution is 0.355. The van der Waals surface area contributed by atoms with E-state index in [-0.39, 0.29) is 18.7 Å². The van der Waals surface area contributed by atoms with Gasteiger partial charge in [0.05, 0.1) is 31.5 Å². The van der Waals surface area contributed by atoms with E-state index in [4.69, 9.17) is 0 Å². The lowest BCUT2D eigenvalue weighted by atomic mass is 10.0. The first-order valence-electron chi connectivity index (χ1n) is 10.3. The van der Waals surface area contributed by atoms with Crippen molar-refractivity contribution in [1.82, 2.24) is 34.9 Å². The SMILES string of the molecule is CNCCn1cc(-c2cnc3ccc(N4C[C@@H](F)C[C@@H]4c4cc(F)ccc4O)nn23)nn1. The van der Waals surface area contributed by atoms with Crippen LogP contribution >= 0.6 is 0 Å². The van der Waals surface area contributed by atoms with Crippen molar-refractivity contribution < 1.29 is 13.9 Å². The molecule has 1 fully saturated rings. The summed E-state index contributed by atoms with van der Waals surface area (Å²) < 4.78 is 31.6. The number of nitrogens with one attached hydrogen (secondary N) is 1. The van der Waals surface area contributed by atoms with Crippen molar-refractivity contribution in [3.05, 3.63) is 54.1 Å². The fraction of sp³-hybridized carbons (Fsp3) is 0.333. The Hall–Kier alpha value is -3.60. The Labute approximate surface area is 182 Å². The molecule has 4 heterocycles. The number of alkyl halides is 1. The Balaban J connectivity index is 1.52. The highest BCUT2D eigenvalue weighted by atomic mass is 19.1. The third-order valence-corrected chi connectivity index (χ3v) is 5.63. The molecule has 4 aromatic rings. The van der Waals surface area contributed by atoms with Gasteiger partial charge in [-0.3, -0.25) is 4.68 Å². The van der Waals surface area contributed by atoms with E-state index in [9.17, 15) is 13.9 Å². The van der Waals surface area contributed by atoms with Crippen LogP contribution in [0.1, 0.15) is 18.0 Å². The maximum absolute atomic E-state index is 14.4. The molecule has 1 aromatic carbocycles. The summed E-state index contributed by atoms with van der Waals surface area (Å²) >= 11 is 0. The first kappa shape index (κ1) is 20.3. The van der Waals surface area contributed by atoms with Crippen LogP contribution in [0.2, 0.25) is 0 Å².